The standard InChI is InChI=1S/C12H15F3N2O4S/c1-3-17(8-11(18)16-2)22(19,20)10-6-4-5-9(7-10)21-12(13,14)15/h4-7H,3,8H2,1-2H3,(H,16,18). The van der Waals surface area contributed by atoms with Crippen molar-refractivity contribution < 1.29 is 31.1 Å². The molecule has 0 aromatic heterocycles. The fourth-order valence-corrected chi connectivity index (χ4v) is 3.03. The molecule has 22 heavy (non-hydrogen) atoms. The molecule has 0 aliphatic carbocycles. The quantitative estimate of drug-likeness (QED) is 0.848. The lowest BCUT2D eigenvalue weighted by atomic mass is 10.3. The Morgan fingerprint density at radius 3 is 2.50 bits per heavy atom. The first-order valence-corrected chi connectivity index (χ1v) is 7.60. The number of carbonyl (C=O) groups is 1. The molecule has 124 valence electrons. The number of benzene rings is 1. The first-order chi connectivity index (χ1) is 10.1. The van der Waals surface area contributed by atoms with Crippen LogP contribution in [0.2, 0.25) is 0 Å². The number of ether oxygens (including phenoxy) is 1. The van der Waals surface area contributed by atoms with E-state index < -0.39 is 34.6 Å². The maximum Gasteiger partial charge on any atom is 0.573 e. The summed E-state index contributed by atoms with van der Waals surface area (Å²) in [4.78, 5) is 10.9. The van der Waals surface area contributed by atoms with Crippen LogP contribution in [-0.4, -0.2) is 45.1 Å². The average molecular weight is 340 g/mol. The van der Waals surface area contributed by atoms with Gasteiger partial charge < -0.3 is 10.1 Å². The molecule has 0 atom stereocenters. The van der Waals surface area contributed by atoms with Gasteiger partial charge in [0.2, 0.25) is 15.9 Å². The van der Waals surface area contributed by atoms with Gasteiger partial charge in [-0.25, -0.2) is 8.42 Å². The fraction of sp³-hybridized carbons (Fsp3) is 0.417. The normalized spacial score (nSPS) is 12.3. The van der Waals surface area contributed by atoms with E-state index in [1.54, 1.807) is 0 Å². The highest BCUT2D eigenvalue weighted by molar-refractivity contribution is 7.89. The van der Waals surface area contributed by atoms with Gasteiger partial charge in [-0.2, -0.15) is 4.31 Å². The predicted molar refractivity (Wildman–Crippen MR) is 71.6 cm³/mol. The van der Waals surface area contributed by atoms with Crippen LogP contribution in [-0.2, 0) is 14.8 Å². The van der Waals surface area contributed by atoms with Gasteiger partial charge in [0.25, 0.3) is 0 Å². The Morgan fingerprint density at radius 2 is 2.00 bits per heavy atom. The van der Waals surface area contributed by atoms with Crippen LogP contribution < -0.4 is 10.1 Å². The first-order valence-electron chi connectivity index (χ1n) is 6.16. The zero-order chi connectivity index (χ0) is 17.0. The minimum atomic E-state index is -4.92. The molecule has 0 fully saturated rings. The maximum absolute atomic E-state index is 12.3. The average Bonchev–Trinajstić information content (AvgIpc) is 2.42. The molecular weight excluding hydrogens is 325 g/mol. The zero-order valence-corrected chi connectivity index (χ0v) is 12.7. The second kappa shape index (κ2) is 6.97. The lowest BCUT2D eigenvalue weighted by molar-refractivity contribution is -0.274. The first kappa shape index (κ1) is 18.2. The molecule has 0 aliphatic heterocycles. The molecular formula is C12H15F3N2O4S. The van der Waals surface area contributed by atoms with Crippen molar-refractivity contribution in [3.8, 4) is 5.75 Å². The van der Waals surface area contributed by atoms with E-state index in [0.717, 1.165) is 28.6 Å². The number of nitrogens with zero attached hydrogens (tertiary/aromatic N) is 1. The number of amides is 1. The third-order valence-electron chi connectivity index (χ3n) is 2.63. The van der Waals surface area contributed by atoms with Crippen LogP contribution in [0.15, 0.2) is 29.2 Å². The second-order valence-corrected chi connectivity index (χ2v) is 6.06. The minimum absolute atomic E-state index is 0.0138. The van der Waals surface area contributed by atoms with Crippen molar-refractivity contribution in [2.75, 3.05) is 20.1 Å². The number of alkyl halides is 3. The summed E-state index contributed by atoms with van der Waals surface area (Å²) < 4.78 is 65.8. The Morgan fingerprint density at radius 1 is 1.36 bits per heavy atom. The monoisotopic (exact) mass is 340 g/mol. The Hall–Kier alpha value is -1.81. The molecule has 1 aromatic rings. The molecule has 0 aliphatic rings. The second-order valence-electron chi connectivity index (χ2n) is 4.13. The van der Waals surface area contributed by atoms with E-state index in [2.05, 4.69) is 10.1 Å². The summed E-state index contributed by atoms with van der Waals surface area (Å²) >= 11 is 0. The predicted octanol–water partition coefficient (Wildman–Crippen LogP) is 1.34. The van der Waals surface area contributed by atoms with Crippen molar-refractivity contribution in [3.63, 3.8) is 0 Å². The molecule has 1 aromatic carbocycles. The summed E-state index contributed by atoms with van der Waals surface area (Å²) in [6.45, 7) is 1.07. The number of likely N-dealkylation sites (N-methyl/N-ethyl adjacent to an activating group) is 2. The van der Waals surface area contributed by atoms with Gasteiger partial charge in [0.1, 0.15) is 5.75 Å². The van der Waals surface area contributed by atoms with Crippen LogP contribution in [0.25, 0.3) is 0 Å². The van der Waals surface area contributed by atoms with Crippen LogP contribution in [0.3, 0.4) is 0 Å². The summed E-state index contributed by atoms with van der Waals surface area (Å²) in [5, 5.41) is 2.28. The van der Waals surface area contributed by atoms with Gasteiger partial charge in [-0.1, -0.05) is 13.0 Å². The number of nitrogens with one attached hydrogen (secondary N) is 1. The van der Waals surface area contributed by atoms with Crippen molar-refractivity contribution in [1.29, 1.82) is 0 Å². The van der Waals surface area contributed by atoms with Crippen molar-refractivity contribution in [2.24, 2.45) is 0 Å². The van der Waals surface area contributed by atoms with Crippen LogP contribution >= 0.6 is 0 Å². The smallest absolute Gasteiger partial charge is 0.406 e. The van der Waals surface area contributed by atoms with Gasteiger partial charge in [0.05, 0.1) is 11.4 Å². The van der Waals surface area contributed by atoms with Crippen LogP contribution in [0.1, 0.15) is 6.92 Å². The highest BCUT2D eigenvalue weighted by Crippen LogP contribution is 2.26. The number of sulfonamides is 1. The van der Waals surface area contributed by atoms with E-state index in [-0.39, 0.29) is 11.4 Å². The Balaban J connectivity index is 3.11. The molecule has 0 saturated carbocycles. The summed E-state index contributed by atoms with van der Waals surface area (Å²) in [5.74, 6) is -1.18. The molecule has 0 unspecified atom stereocenters. The summed E-state index contributed by atoms with van der Waals surface area (Å²) in [6.07, 6.45) is -4.92. The Kier molecular flexibility index (Phi) is 5.78. The number of hydrogen-bond donors (Lipinski definition) is 1. The molecule has 0 radical (unpaired) electrons. The number of carbonyl (C=O) groups excluding carboxylic acids is 1. The van der Waals surface area contributed by atoms with Crippen molar-refractivity contribution >= 4 is 15.9 Å². The fourth-order valence-electron chi connectivity index (χ4n) is 1.59. The van der Waals surface area contributed by atoms with Crippen LogP contribution in [0.4, 0.5) is 13.2 Å². The van der Waals surface area contributed by atoms with Gasteiger partial charge in [-0.05, 0) is 12.1 Å². The Bertz CT molecular complexity index is 632. The van der Waals surface area contributed by atoms with Gasteiger partial charge in [-0.3, -0.25) is 4.79 Å². The van der Waals surface area contributed by atoms with Gasteiger partial charge in [0.15, 0.2) is 0 Å². The molecule has 6 nitrogen and oxygen atoms in total. The lowest BCUT2D eigenvalue weighted by Crippen LogP contribution is -2.39. The zero-order valence-electron chi connectivity index (χ0n) is 11.8. The topological polar surface area (TPSA) is 75.7 Å². The minimum Gasteiger partial charge on any atom is -0.406 e. The third-order valence-corrected chi connectivity index (χ3v) is 4.55. The van der Waals surface area contributed by atoms with Gasteiger partial charge in [0, 0.05) is 19.7 Å². The number of rotatable bonds is 6. The van der Waals surface area contributed by atoms with E-state index in [4.69, 9.17) is 0 Å². The molecule has 1 N–H and O–H groups in total. The maximum atomic E-state index is 12.3. The van der Waals surface area contributed by atoms with Crippen LogP contribution in [0.5, 0.6) is 5.75 Å². The molecule has 0 heterocycles. The van der Waals surface area contributed by atoms with E-state index in [0.29, 0.717) is 0 Å². The summed E-state index contributed by atoms with van der Waals surface area (Å²) in [6, 6.07) is 4.00. The number of hydrogen-bond acceptors (Lipinski definition) is 4. The lowest BCUT2D eigenvalue weighted by Gasteiger charge is -2.20. The highest BCUT2D eigenvalue weighted by Gasteiger charge is 2.32. The highest BCUT2D eigenvalue weighted by atomic mass is 32.2. The van der Waals surface area contributed by atoms with Crippen molar-refractivity contribution in [1.82, 2.24) is 9.62 Å². The summed E-state index contributed by atoms with van der Waals surface area (Å²) in [5.41, 5.74) is 0. The molecule has 10 heteroatoms. The van der Waals surface area contributed by atoms with Crippen LogP contribution in [0, 0.1) is 0 Å². The molecule has 0 bridgehead atoms. The number of halogens is 3. The van der Waals surface area contributed by atoms with E-state index in [9.17, 15) is 26.4 Å². The SMILES string of the molecule is CCN(CC(=O)NC)S(=O)(=O)c1cccc(OC(F)(F)F)c1. The van der Waals surface area contributed by atoms with Gasteiger partial charge >= 0.3 is 6.36 Å². The molecule has 0 spiro atoms. The largest absolute Gasteiger partial charge is 0.573 e. The van der Waals surface area contributed by atoms with E-state index in [1.807, 2.05) is 0 Å². The van der Waals surface area contributed by atoms with Crippen molar-refractivity contribution in [2.45, 2.75) is 18.2 Å². The molecule has 0 saturated heterocycles. The van der Waals surface area contributed by atoms with E-state index >= 15 is 0 Å². The Labute approximate surface area is 125 Å². The molecule has 1 rings (SSSR count). The molecule has 1 amide bonds. The van der Waals surface area contributed by atoms with Gasteiger partial charge in [-0.15, -0.1) is 13.2 Å². The summed E-state index contributed by atoms with van der Waals surface area (Å²) in [7, 11) is -2.76. The third kappa shape index (κ3) is 4.88. The van der Waals surface area contributed by atoms with E-state index in [1.165, 1.54) is 14.0 Å². The van der Waals surface area contributed by atoms with Crippen molar-refractivity contribution in [3.05, 3.63) is 24.3 Å².